The molecule has 0 saturated heterocycles. The van der Waals surface area contributed by atoms with Gasteiger partial charge in [0.25, 0.3) is 0 Å². The predicted octanol–water partition coefficient (Wildman–Crippen LogP) is 2.39. The SMILES string of the molecule is COc1ncc(CO)cc1-c1ccccc1F. The molecule has 4 heteroatoms. The third-order valence-electron chi connectivity index (χ3n) is 2.45. The second-order valence-corrected chi connectivity index (χ2v) is 3.54. The molecular formula is C13H12FNO2. The number of methoxy groups -OCH3 is 1. The summed E-state index contributed by atoms with van der Waals surface area (Å²) < 4.78 is 18.8. The lowest BCUT2D eigenvalue weighted by atomic mass is 10.0. The van der Waals surface area contributed by atoms with Crippen molar-refractivity contribution in [3.05, 3.63) is 47.9 Å². The largest absolute Gasteiger partial charge is 0.481 e. The molecule has 2 rings (SSSR count). The average molecular weight is 233 g/mol. The number of aliphatic hydroxyl groups is 1. The Labute approximate surface area is 98.5 Å². The van der Waals surface area contributed by atoms with E-state index in [9.17, 15) is 4.39 Å². The summed E-state index contributed by atoms with van der Waals surface area (Å²) in [5.41, 5.74) is 1.56. The fourth-order valence-corrected chi connectivity index (χ4v) is 1.62. The number of ether oxygens (including phenoxy) is 1. The van der Waals surface area contributed by atoms with Crippen molar-refractivity contribution in [2.45, 2.75) is 6.61 Å². The van der Waals surface area contributed by atoms with E-state index in [0.29, 0.717) is 22.6 Å². The van der Waals surface area contributed by atoms with Gasteiger partial charge in [0.05, 0.1) is 13.7 Å². The monoisotopic (exact) mass is 233 g/mol. The van der Waals surface area contributed by atoms with Crippen LogP contribution in [0.25, 0.3) is 11.1 Å². The smallest absolute Gasteiger partial charge is 0.221 e. The topological polar surface area (TPSA) is 42.4 Å². The first-order valence-electron chi connectivity index (χ1n) is 5.15. The van der Waals surface area contributed by atoms with E-state index in [0.717, 1.165) is 0 Å². The number of aliphatic hydroxyl groups excluding tert-OH is 1. The van der Waals surface area contributed by atoms with E-state index in [1.54, 1.807) is 24.3 Å². The molecule has 0 fully saturated rings. The normalized spacial score (nSPS) is 10.3. The fourth-order valence-electron chi connectivity index (χ4n) is 1.62. The van der Waals surface area contributed by atoms with Crippen molar-refractivity contribution >= 4 is 0 Å². The highest BCUT2D eigenvalue weighted by molar-refractivity contribution is 5.69. The van der Waals surface area contributed by atoms with Gasteiger partial charge in [0.1, 0.15) is 5.82 Å². The molecule has 0 aliphatic rings. The zero-order valence-corrected chi connectivity index (χ0v) is 9.35. The summed E-state index contributed by atoms with van der Waals surface area (Å²) in [6, 6.07) is 8.05. The minimum atomic E-state index is -0.345. The Bertz CT molecular complexity index is 529. The van der Waals surface area contributed by atoms with E-state index < -0.39 is 0 Å². The Balaban J connectivity index is 2.60. The van der Waals surface area contributed by atoms with Gasteiger partial charge in [0.15, 0.2) is 0 Å². The van der Waals surface area contributed by atoms with Crippen molar-refractivity contribution in [1.82, 2.24) is 4.98 Å². The molecule has 0 aliphatic carbocycles. The number of rotatable bonds is 3. The lowest BCUT2D eigenvalue weighted by Crippen LogP contribution is -1.96. The number of pyridine rings is 1. The van der Waals surface area contributed by atoms with Gasteiger partial charge in [-0.25, -0.2) is 9.37 Å². The van der Waals surface area contributed by atoms with Crippen LogP contribution in [0, 0.1) is 5.82 Å². The lowest BCUT2D eigenvalue weighted by molar-refractivity contribution is 0.281. The maximum absolute atomic E-state index is 13.7. The molecule has 0 amide bonds. The van der Waals surface area contributed by atoms with Crippen LogP contribution in [0.1, 0.15) is 5.56 Å². The highest BCUT2D eigenvalue weighted by Gasteiger charge is 2.11. The van der Waals surface area contributed by atoms with Crippen molar-refractivity contribution in [3.63, 3.8) is 0 Å². The summed E-state index contributed by atoms with van der Waals surface area (Å²) in [6.07, 6.45) is 1.50. The maximum Gasteiger partial charge on any atom is 0.221 e. The van der Waals surface area contributed by atoms with Crippen LogP contribution in [0.2, 0.25) is 0 Å². The zero-order valence-electron chi connectivity index (χ0n) is 9.35. The molecule has 1 N–H and O–H groups in total. The van der Waals surface area contributed by atoms with Crippen LogP contribution in [0.3, 0.4) is 0 Å². The molecule has 0 bridgehead atoms. The molecule has 3 nitrogen and oxygen atoms in total. The summed E-state index contributed by atoms with van der Waals surface area (Å²) in [4.78, 5) is 4.04. The third-order valence-corrected chi connectivity index (χ3v) is 2.45. The van der Waals surface area contributed by atoms with Crippen LogP contribution >= 0.6 is 0 Å². The van der Waals surface area contributed by atoms with Crippen LogP contribution in [0.4, 0.5) is 4.39 Å². The molecule has 1 heterocycles. The fraction of sp³-hybridized carbons (Fsp3) is 0.154. The van der Waals surface area contributed by atoms with E-state index in [1.165, 1.54) is 19.4 Å². The Hall–Kier alpha value is -1.94. The Morgan fingerprint density at radius 2 is 2.06 bits per heavy atom. The number of hydrogen-bond acceptors (Lipinski definition) is 3. The minimum absolute atomic E-state index is 0.140. The summed E-state index contributed by atoms with van der Waals surface area (Å²) >= 11 is 0. The van der Waals surface area contributed by atoms with Gasteiger partial charge in [0, 0.05) is 17.3 Å². The summed E-state index contributed by atoms with van der Waals surface area (Å²) in [5.74, 6) is -0.00464. The maximum atomic E-state index is 13.7. The van der Waals surface area contributed by atoms with Gasteiger partial charge in [-0.15, -0.1) is 0 Å². The first-order valence-corrected chi connectivity index (χ1v) is 5.15. The number of halogens is 1. The first-order chi connectivity index (χ1) is 8.26. The van der Waals surface area contributed by atoms with Gasteiger partial charge in [0.2, 0.25) is 5.88 Å². The number of aromatic nitrogens is 1. The molecule has 88 valence electrons. The van der Waals surface area contributed by atoms with Crippen LogP contribution in [-0.2, 0) is 6.61 Å². The Kier molecular flexibility index (Phi) is 3.35. The molecule has 1 aromatic heterocycles. The number of nitrogens with zero attached hydrogens (tertiary/aromatic N) is 1. The van der Waals surface area contributed by atoms with Crippen molar-refractivity contribution < 1.29 is 14.2 Å². The summed E-state index contributed by atoms with van der Waals surface area (Å²) in [5, 5.41) is 9.07. The molecule has 0 radical (unpaired) electrons. The minimum Gasteiger partial charge on any atom is -0.481 e. The van der Waals surface area contributed by atoms with E-state index in [-0.39, 0.29) is 12.4 Å². The lowest BCUT2D eigenvalue weighted by Gasteiger charge is -2.09. The quantitative estimate of drug-likeness (QED) is 0.885. The second-order valence-electron chi connectivity index (χ2n) is 3.54. The molecule has 17 heavy (non-hydrogen) atoms. The molecule has 0 unspecified atom stereocenters. The number of hydrogen-bond donors (Lipinski definition) is 1. The average Bonchev–Trinajstić information content (AvgIpc) is 2.38. The van der Waals surface area contributed by atoms with Gasteiger partial charge in [-0.2, -0.15) is 0 Å². The molecular weight excluding hydrogens is 221 g/mol. The van der Waals surface area contributed by atoms with Crippen molar-refractivity contribution in [2.75, 3.05) is 7.11 Å². The first kappa shape index (κ1) is 11.5. The Morgan fingerprint density at radius 1 is 1.29 bits per heavy atom. The zero-order chi connectivity index (χ0) is 12.3. The highest BCUT2D eigenvalue weighted by atomic mass is 19.1. The van der Waals surface area contributed by atoms with E-state index in [2.05, 4.69) is 4.98 Å². The number of benzene rings is 1. The second kappa shape index (κ2) is 4.93. The molecule has 0 atom stereocenters. The van der Waals surface area contributed by atoms with Crippen molar-refractivity contribution in [3.8, 4) is 17.0 Å². The van der Waals surface area contributed by atoms with Gasteiger partial charge in [-0.1, -0.05) is 18.2 Å². The van der Waals surface area contributed by atoms with E-state index in [4.69, 9.17) is 9.84 Å². The summed E-state index contributed by atoms with van der Waals surface area (Å²) in [7, 11) is 1.48. The van der Waals surface area contributed by atoms with Gasteiger partial charge in [-0.3, -0.25) is 0 Å². The third kappa shape index (κ3) is 2.26. The molecule has 0 saturated carbocycles. The van der Waals surface area contributed by atoms with E-state index >= 15 is 0 Å². The Morgan fingerprint density at radius 3 is 2.71 bits per heavy atom. The highest BCUT2D eigenvalue weighted by Crippen LogP contribution is 2.30. The molecule has 2 aromatic rings. The standard InChI is InChI=1S/C13H12FNO2/c1-17-13-11(6-9(8-16)7-15-13)10-4-2-3-5-12(10)14/h2-7,16H,8H2,1H3. The van der Waals surface area contributed by atoms with Crippen molar-refractivity contribution in [2.24, 2.45) is 0 Å². The van der Waals surface area contributed by atoms with Crippen LogP contribution in [0.5, 0.6) is 5.88 Å². The van der Waals surface area contributed by atoms with Crippen LogP contribution in [-0.4, -0.2) is 17.2 Å². The molecule has 1 aromatic carbocycles. The van der Waals surface area contributed by atoms with Gasteiger partial charge >= 0.3 is 0 Å². The van der Waals surface area contributed by atoms with Crippen LogP contribution < -0.4 is 4.74 Å². The predicted molar refractivity (Wildman–Crippen MR) is 62.1 cm³/mol. The van der Waals surface area contributed by atoms with Gasteiger partial charge < -0.3 is 9.84 Å². The summed E-state index contributed by atoms with van der Waals surface area (Å²) in [6.45, 7) is -0.140. The van der Waals surface area contributed by atoms with Crippen molar-refractivity contribution in [1.29, 1.82) is 0 Å². The van der Waals surface area contributed by atoms with Gasteiger partial charge in [-0.05, 0) is 17.7 Å². The van der Waals surface area contributed by atoms with Crippen LogP contribution in [0.15, 0.2) is 36.5 Å². The molecule has 0 aliphatic heterocycles. The van der Waals surface area contributed by atoms with E-state index in [1.807, 2.05) is 0 Å². The molecule has 0 spiro atoms.